The van der Waals surface area contributed by atoms with Gasteiger partial charge in [-0.1, -0.05) is 18.7 Å². The number of rotatable bonds is 3. The van der Waals surface area contributed by atoms with Crippen LogP contribution in [-0.4, -0.2) is 21.1 Å². The van der Waals surface area contributed by atoms with E-state index in [4.69, 9.17) is 0 Å². The van der Waals surface area contributed by atoms with Crippen molar-refractivity contribution in [3.05, 3.63) is 60.2 Å². The summed E-state index contributed by atoms with van der Waals surface area (Å²) >= 11 is 0. The summed E-state index contributed by atoms with van der Waals surface area (Å²) in [6.07, 6.45) is 0. The van der Waals surface area contributed by atoms with Crippen LogP contribution in [0.1, 0.15) is 15.9 Å². The first-order valence-corrected chi connectivity index (χ1v) is 5.54. The molecule has 2 aromatic rings. The molecular formula is C15H12O4. The molecule has 96 valence electrons. The summed E-state index contributed by atoms with van der Waals surface area (Å²) in [4.78, 5) is 12.2. The van der Waals surface area contributed by atoms with Crippen LogP contribution in [0.3, 0.4) is 0 Å². The highest BCUT2D eigenvalue weighted by Gasteiger charge is 2.16. The third-order valence-electron chi connectivity index (χ3n) is 2.72. The second-order valence-corrected chi connectivity index (χ2v) is 4.06. The van der Waals surface area contributed by atoms with Crippen molar-refractivity contribution in [2.45, 2.75) is 0 Å². The smallest absolute Gasteiger partial charge is 0.196 e. The van der Waals surface area contributed by atoms with Crippen LogP contribution in [0.15, 0.2) is 49.0 Å². The van der Waals surface area contributed by atoms with Gasteiger partial charge in [-0.3, -0.25) is 4.79 Å². The van der Waals surface area contributed by atoms with Gasteiger partial charge in [0.2, 0.25) is 0 Å². The van der Waals surface area contributed by atoms with Crippen molar-refractivity contribution in [1.29, 1.82) is 0 Å². The fourth-order valence-electron chi connectivity index (χ4n) is 1.67. The largest absolute Gasteiger partial charge is 0.508 e. The summed E-state index contributed by atoms with van der Waals surface area (Å²) in [6, 6.07) is 9.77. The van der Waals surface area contributed by atoms with E-state index in [-0.39, 0.29) is 28.4 Å². The Kier molecular flexibility index (Phi) is 3.25. The Bertz CT molecular complexity index is 642. The van der Waals surface area contributed by atoms with E-state index in [0.717, 1.165) is 6.07 Å². The molecule has 0 unspecified atom stereocenters. The molecule has 0 aliphatic carbocycles. The Labute approximate surface area is 109 Å². The lowest BCUT2D eigenvalue weighted by atomic mass is 9.97. The minimum atomic E-state index is -0.441. The van der Waals surface area contributed by atoms with Crippen LogP contribution >= 0.6 is 0 Å². The number of phenolic OH excluding ortho intramolecular Hbond substituents is 3. The molecule has 0 spiro atoms. The Morgan fingerprint density at radius 1 is 0.895 bits per heavy atom. The zero-order valence-corrected chi connectivity index (χ0v) is 10.00. The van der Waals surface area contributed by atoms with Gasteiger partial charge >= 0.3 is 0 Å². The van der Waals surface area contributed by atoms with Gasteiger partial charge in [0.05, 0.1) is 5.56 Å². The quantitative estimate of drug-likeness (QED) is 0.583. The lowest BCUT2D eigenvalue weighted by molar-refractivity contribution is 0.105. The van der Waals surface area contributed by atoms with Gasteiger partial charge in [0.1, 0.15) is 17.2 Å². The highest BCUT2D eigenvalue weighted by atomic mass is 16.3. The van der Waals surface area contributed by atoms with Crippen molar-refractivity contribution < 1.29 is 20.1 Å². The van der Waals surface area contributed by atoms with E-state index >= 15 is 0 Å². The second kappa shape index (κ2) is 4.86. The zero-order valence-electron chi connectivity index (χ0n) is 10.00. The van der Waals surface area contributed by atoms with Gasteiger partial charge in [0.15, 0.2) is 5.78 Å². The van der Waals surface area contributed by atoms with Gasteiger partial charge < -0.3 is 15.3 Å². The average Bonchev–Trinajstić information content (AvgIpc) is 2.38. The second-order valence-electron chi connectivity index (χ2n) is 4.06. The summed E-state index contributed by atoms with van der Waals surface area (Å²) in [5.74, 6) is -0.770. The van der Waals surface area contributed by atoms with Crippen LogP contribution in [0.5, 0.6) is 17.2 Å². The van der Waals surface area contributed by atoms with Gasteiger partial charge in [-0.05, 0) is 29.8 Å². The Balaban J connectivity index is 2.33. The summed E-state index contributed by atoms with van der Waals surface area (Å²) in [7, 11) is 0. The van der Waals surface area contributed by atoms with Crippen molar-refractivity contribution in [3.8, 4) is 17.2 Å². The van der Waals surface area contributed by atoms with Gasteiger partial charge in [-0.15, -0.1) is 0 Å². The lowest BCUT2D eigenvalue weighted by Gasteiger charge is -2.07. The molecule has 0 saturated carbocycles. The molecule has 2 rings (SSSR count). The fourth-order valence-corrected chi connectivity index (χ4v) is 1.67. The highest BCUT2D eigenvalue weighted by Crippen LogP contribution is 2.27. The van der Waals surface area contributed by atoms with Crippen LogP contribution in [0.25, 0.3) is 5.57 Å². The summed E-state index contributed by atoms with van der Waals surface area (Å²) in [5.41, 5.74) is 0.812. The zero-order chi connectivity index (χ0) is 14.0. The first-order chi connectivity index (χ1) is 8.99. The normalized spacial score (nSPS) is 10.1. The molecule has 0 fully saturated rings. The monoisotopic (exact) mass is 256 g/mol. The van der Waals surface area contributed by atoms with Crippen molar-refractivity contribution in [3.63, 3.8) is 0 Å². The Morgan fingerprint density at radius 2 is 1.47 bits per heavy atom. The van der Waals surface area contributed by atoms with Crippen LogP contribution < -0.4 is 0 Å². The van der Waals surface area contributed by atoms with Gasteiger partial charge in [0, 0.05) is 11.6 Å². The number of carbonyl (C=O) groups is 1. The molecule has 19 heavy (non-hydrogen) atoms. The maximum absolute atomic E-state index is 12.2. The third kappa shape index (κ3) is 2.57. The van der Waals surface area contributed by atoms with Crippen LogP contribution in [-0.2, 0) is 0 Å². The average molecular weight is 256 g/mol. The van der Waals surface area contributed by atoms with E-state index < -0.39 is 5.78 Å². The summed E-state index contributed by atoms with van der Waals surface area (Å²) < 4.78 is 0. The maximum Gasteiger partial charge on any atom is 0.196 e. The Hall–Kier alpha value is -2.75. The van der Waals surface area contributed by atoms with E-state index in [1.807, 2.05) is 0 Å². The predicted molar refractivity (Wildman–Crippen MR) is 71.2 cm³/mol. The van der Waals surface area contributed by atoms with Gasteiger partial charge in [-0.25, -0.2) is 0 Å². The van der Waals surface area contributed by atoms with Gasteiger partial charge in [0.25, 0.3) is 0 Å². The van der Waals surface area contributed by atoms with Crippen LogP contribution in [0.4, 0.5) is 0 Å². The number of hydrogen-bond acceptors (Lipinski definition) is 4. The molecule has 0 aliphatic rings. The maximum atomic E-state index is 12.2. The van der Waals surface area contributed by atoms with Crippen LogP contribution in [0.2, 0.25) is 0 Å². The third-order valence-corrected chi connectivity index (χ3v) is 2.72. The molecule has 2 aromatic carbocycles. The number of benzene rings is 2. The van der Waals surface area contributed by atoms with E-state index in [9.17, 15) is 20.1 Å². The number of hydrogen-bond donors (Lipinski definition) is 3. The molecule has 0 aliphatic heterocycles. The van der Waals surface area contributed by atoms with E-state index in [1.165, 1.54) is 24.3 Å². The lowest BCUT2D eigenvalue weighted by Crippen LogP contribution is -2.02. The number of ketones is 1. The standard InChI is InChI=1S/C15H12O4/c1-9(10-2-4-11(16)5-3-10)15(19)13-7-6-12(17)8-14(13)18/h2-8,16-18H,1H2. The number of carbonyl (C=O) groups excluding carboxylic acids is 1. The van der Waals surface area contributed by atoms with Gasteiger partial charge in [-0.2, -0.15) is 0 Å². The number of allylic oxidation sites excluding steroid dienone is 1. The first kappa shape index (κ1) is 12.7. The topological polar surface area (TPSA) is 77.8 Å². The molecule has 3 N–H and O–H groups in total. The number of aromatic hydroxyl groups is 3. The molecule has 4 heteroatoms. The van der Waals surface area contributed by atoms with E-state index in [1.54, 1.807) is 12.1 Å². The molecule has 0 bridgehead atoms. The van der Waals surface area contributed by atoms with E-state index in [0.29, 0.717) is 5.56 Å². The van der Waals surface area contributed by atoms with Crippen molar-refractivity contribution in [2.24, 2.45) is 0 Å². The van der Waals surface area contributed by atoms with Crippen molar-refractivity contribution in [2.75, 3.05) is 0 Å². The Morgan fingerprint density at radius 3 is 2.05 bits per heavy atom. The molecule has 0 radical (unpaired) electrons. The molecule has 0 aromatic heterocycles. The van der Waals surface area contributed by atoms with E-state index in [2.05, 4.69) is 6.58 Å². The molecule has 4 nitrogen and oxygen atoms in total. The highest BCUT2D eigenvalue weighted by molar-refractivity contribution is 6.29. The predicted octanol–water partition coefficient (Wildman–Crippen LogP) is 2.70. The molecule has 0 amide bonds. The summed E-state index contributed by atoms with van der Waals surface area (Å²) in [5, 5.41) is 28.0. The first-order valence-electron chi connectivity index (χ1n) is 5.54. The molecular weight excluding hydrogens is 244 g/mol. The molecule has 0 atom stereocenters. The number of phenols is 3. The molecule has 0 saturated heterocycles. The molecule has 0 heterocycles. The number of Topliss-reactive ketones (excluding diaryl/α,β-unsaturated/α-hetero) is 1. The van der Waals surface area contributed by atoms with Crippen LogP contribution in [0, 0.1) is 0 Å². The SMILES string of the molecule is C=C(C(=O)c1ccc(O)cc1O)c1ccc(O)cc1. The van der Waals surface area contributed by atoms with Crippen molar-refractivity contribution >= 4 is 11.4 Å². The minimum Gasteiger partial charge on any atom is -0.508 e. The minimum absolute atomic E-state index is 0.0656. The van der Waals surface area contributed by atoms with Crippen molar-refractivity contribution in [1.82, 2.24) is 0 Å². The summed E-state index contributed by atoms with van der Waals surface area (Å²) in [6.45, 7) is 3.69. The fraction of sp³-hybridized carbons (Fsp3) is 0.